The van der Waals surface area contributed by atoms with E-state index in [4.69, 9.17) is 0 Å². The van der Waals surface area contributed by atoms with Crippen molar-refractivity contribution in [2.24, 2.45) is 5.41 Å². The Bertz CT molecular complexity index is 337. The molecular weight excluding hydrogens is 174 g/mol. The van der Waals surface area contributed by atoms with Crippen molar-refractivity contribution in [2.75, 3.05) is 11.9 Å². The number of hydrogen-bond donors (Lipinski definition) is 2. The zero-order valence-corrected chi connectivity index (χ0v) is 8.75. The Morgan fingerprint density at radius 3 is 2.93 bits per heavy atom. The Hall–Kier alpha value is -1.02. The van der Waals surface area contributed by atoms with Crippen LogP contribution in [-0.4, -0.2) is 17.8 Å². The SMILES string of the molecule is C[C@H]1Nc2ccccc2C[C@@]1(C)CO. The van der Waals surface area contributed by atoms with Crippen LogP contribution in [0.2, 0.25) is 0 Å². The number of anilines is 1. The van der Waals surface area contributed by atoms with Gasteiger partial charge in [0.2, 0.25) is 0 Å². The van der Waals surface area contributed by atoms with Gasteiger partial charge in [-0.15, -0.1) is 0 Å². The number of aliphatic hydroxyl groups excluding tert-OH is 1. The Balaban J connectivity index is 2.36. The summed E-state index contributed by atoms with van der Waals surface area (Å²) >= 11 is 0. The first kappa shape index (κ1) is 9.53. The van der Waals surface area contributed by atoms with E-state index < -0.39 is 0 Å². The normalized spacial score (nSPS) is 30.6. The van der Waals surface area contributed by atoms with E-state index in [1.165, 1.54) is 11.3 Å². The molecule has 0 saturated carbocycles. The van der Waals surface area contributed by atoms with Gasteiger partial charge in [0.05, 0.1) is 6.61 Å². The molecule has 0 fully saturated rings. The third-order valence-corrected chi connectivity index (χ3v) is 3.39. The van der Waals surface area contributed by atoms with Crippen LogP contribution in [0.15, 0.2) is 24.3 Å². The quantitative estimate of drug-likeness (QED) is 0.712. The van der Waals surface area contributed by atoms with Gasteiger partial charge in [-0.05, 0) is 25.0 Å². The average molecular weight is 191 g/mol. The number of rotatable bonds is 1. The summed E-state index contributed by atoms with van der Waals surface area (Å²) in [6, 6.07) is 8.64. The first-order chi connectivity index (χ1) is 6.65. The summed E-state index contributed by atoms with van der Waals surface area (Å²) in [6.07, 6.45) is 0.952. The van der Waals surface area contributed by atoms with E-state index in [2.05, 4.69) is 31.3 Å². The zero-order chi connectivity index (χ0) is 10.2. The summed E-state index contributed by atoms with van der Waals surface area (Å²) < 4.78 is 0. The molecule has 0 saturated heterocycles. The van der Waals surface area contributed by atoms with Crippen LogP contribution in [-0.2, 0) is 6.42 Å². The van der Waals surface area contributed by atoms with Gasteiger partial charge in [0.25, 0.3) is 0 Å². The molecule has 0 radical (unpaired) electrons. The Kier molecular flexibility index (Phi) is 2.23. The summed E-state index contributed by atoms with van der Waals surface area (Å²) in [7, 11) is 0. The van der Waals surface area contributed by atoms with Gasteiger partial charge in [-0.1, -0.05) is 25.1 Å². The molecule has 2 heteroatoms. The zero-order valence-electron chi connectivity index (χ0n) is 8.75. The van der Waals surface area contributed by atoms with Crippen LogP contribution in [0.3, 0.4) is 0 Å². The Labute approximate surface area is 85.0 Å². The lowest BCUT2D eigenvalue weighted by Gasteiger charge is -2.40. The maximum atomic E-state index is 9.41. The van der Waals surface area contributed by atoms with Gasteiger partial charge >= 0.3 is 0 Å². The molecule has 0 aliphatic carbocycles. The molecule has 76 valence electrons. The molecule has 0 unspecified atom stereocenters. The fraction of sp³-hybridized carbons (Fsp3) is 0.500. The third-order valence-electron chi connectivity index (χ3n) is 3.39. The first-order valence-corrected chi connectivity index (χ1v) is 5.11. The minimum atomic E-state index is -0.0334. The molecule has 1 aliphatic heterocycles. The van der Waals surface area contributed by atoms with Crippen molar-refractivity contribution in [3.8, 4) is 0 Å². The number of hydrogen-bond acceptors (Lipinski definition) is 2. The van der Waals surface area contributed by atoms with Crippen LogP contribution in [0.4, 0.5) is 5.69 Å². The lowest BCUT2D eigenvalue weighted by Crippen LogP contribution is -2.44. The highest BCUT2D eigenvalue weighted by Gasteiger charge is 2.35. The van der Waals surface area contributed by atoms with Crippen LogP contribution >= 0.6 is 0 Å². The van der Waals surface area contributed by atoms with E-state index in [1.807, 2.05) is 12.1 Å². The van der Waals surface area contributed by atoms with Crippen LogP contribution < -0.4 is 5.32 Å². The molecule has 0 bridgehead atoms. The van der Waals surface area contributed by atoms with Crippen molar-refractivity contribution in [3.05, 3.63) is 29.8 Å². The third kappa shape index (κ3) is 1.40. The number of fused-ring (bicyclic) bond motifs is 1. The topological polar surface area (TPSA) is 32.3 Å². The predicted molar refractivity (Wildman–Crippen MR) is 58.4 cm³/mol. The highest BCUT2D eigenvalue weighted by molar-refractivity contribution is 5.54. The molecule has 2 rings (SSSR count). The maximum Gasteiger partial charge on any atom is 0.0507 e. The van der Waals surface area contributed by atoms with E-state index in [1.54, 1.807) is 0 Å². The second-order valence-corrected chi connectivity index (χ2v) is 4.51. The van der Waals surface area contributed by atoms with Gasteiger partial charge in [-0.3, -0.25) is 0 Å². The highest BCUT2D eigenvalue weighted by atomic mass is 16.3. The first-order valence-electron chi connectivity index (χ1n) is 5.11. The maximum absolute atomic E-state index is 9.41. The smallest absolute Gasteiger partial charge is 0.0507 e. The van der Waals surface area contributed by atoms with Crippen LogP contribution in [0.5, 0.6) is 0 Å². The monoisotopic (exact) mass is 191 g/mol. The van der Waals surface area contributed by atoms with Crippen LogP contribution in [0.1, 0.15) is 19.4 Å². The Morgan fingerprint density at radius 1 is 1.50 bits per heavy atom. The molecule has 2 nitrogen and oxygen atoms in total. The number of benzene rings is 1. The second-order valence-electron chi connectivity index (χ2n) is 4.51. The summed E-state index contributed by atoms with van der Waals surface area (Å²) in [5.41, 5.74) is 2.49. The number of aliphatic hydroxyl groups is 1. The van der Waals surface area contributed by atoms with Crippen molar-refractivity contribution in [2.45, 2.75) is 26.3 Å². The molecule has 14 heavy (non-hydrogen) atoms. The Morgan fingerprint density at radius 2 is 2.21 bits per heavy atom. The van der Waals surface area contributed by atoms with E-state index in [0.29, 0.717) is 6.04 Å². The summed E-state index contributed by atoms with van der Waals surface area (Å²) in [6.45, 7) is 4.49. The predicted octanol–water partition coefficient (Wildman–Crippen LogP) is 2.04. The molecular formula is C12H17NO. The van der Waals surface area contributed by atoms with Gasteiger partial charge in [-0.25, -0.2) is 0 Å². The highest BCUT2D eigenvalue weighted by Crippen LogP contribution is 2.36. The lowest BCUT2D eigenvalue weighted by molar-refractivity contribution is 0.123. The van der Waals surface area contributed by atoms with E-state index >= 15 is 0 Å². The lowest BCUT2D eigenvalue weighted by atomic mass is 9.75. The van der Waals surface area contributed by atoms with Gasteiger partial charge < -0.3 is 10.4 Å². The van der Waals surface area contributed by atoms with Crippen molar-refractivity contribution in [1.82, 2.24) is 0 Å². The fourth-order valence-corrected chi connectivity index (χ4v) is 2.00. The standard InChI is InChI=1S/C12H17NO/c1-9-12(2,8-14)7-10-5-3-4-6-11(10)13-9/h3-6,9,13-14H,7-8H2,1-2H3/t9-,12+/m1/s1. The summed E-state index contributed by atoms with van der Waals surface area (Å²) in [5, 5.41) is 12.8. The molecule has 0 spiro atoms. The summed E-state index contributed by atoms with van der Waals surface area (Å²) in [4.78, 5) is 0. The molecule has 1 aliphatic rings. The summed E-state index contributed by atoms with van der Waals surface area (Å²) in [5.74, 6) is 0. The average Bonchev–Trinajstić information content (AvgIpc) is 2.20. The number of para-hydroxylation sites is 1. The van der Waals surface area contributed by atoms with E-state index in [9.17, 15) is 5.11 Å². The molecule has 2 N–H and O–H groups in total. The largest absolute Gasteiger partial charge is 0.396 e. The minimum Gasteiger partial charge on any atom is -0.396 e. The molecule has 1 heterocycles. The minimum absolute atomic E-state index is 0.0334. The van der Waals surface area contributed by atoms with Gasteiger partial charge in [0.1, 0.15) is 0 Å². The van der Waals surface area contributed by atoms with Crippen molar-refractivity contribution < 1.29 is 5.11 Å². The van der Waals surface area contributed by atoms with Crippen LogP contribution in [0, 0.1) is 5.41 Å². The van der Waals surface area contributed by atoms with Gasteiger partial charge in [-0.2, -0.15) is 0 Å². The van der Waals surface area contributed by atoms with Gasteiger partial charge in [0.15, 0.2) is 0 Å². The molecule has 0 amide bonds. The second kappa shape index (κ2) is 3.28. The molecule has 2 atom stereocenters. The van der Waals surface area contributed by atoms with Crippen molar-refractivity contribution >= 4 is 5.69 Å². The molecule has 0 aromatic heterocycles. The molecule has 1 aromatic carbocycles. The van der Waals surface area contributed by atoms with E-state index in [0.717, 1.165) is 6.42 Å². The fourth-order valence-electron chi connectivity index (χ4n) is 2.00. The van der Waals surface area contributed by atoms with Crippen LogP contribution in [0.25, 0.3) is 0 Å². The molecule has 1 aromatic rings. The van der Waals surface area contributed by atoms with Crippen molar-refractivity contribution in [3.63, 3.8) is 0 Å². The van der Waals surface area contributed by atoms with Gasteiger partial charge in [0, 0.05) is 17.1 Å². The number of nitrogens with one attached hydrogen (secondary N) is 1. The van der Waals surface area contributed by atoms with E-state index in [-0.39, 0.29) is 12.0 Å². The van der Waals surface area contributed by atoms with Crippen molar-refractivity contribution in [1.29, 1.82) is 0 Å².